The fraction of sp³-hybridized carbons (Fsp3) is 0.259. The molecule has 1 atom stereocenters. The summed E-state index contributed by atoms with van der Waals surface area (Å²) in [4.78, 5) is 25.1. The molecule has 4 aromatic rings. The maximum atomic E-state index is 13.1. The third-order valence-electron chi connectivity index (χ3n) is 5.98. The van der Waals surface area contributed by atoms with E-state index in [1.165, 1.54) is 0 Å². The van der Waals surface area contributed by atoms with Gasteiger partial charge < -0.3 is 9.47 Å². The highest BCUT2D eigenvalue weighted by Crippen LogP contribution is 2.17. The molecule has 192 valence electrons. The van der Waals surface area contributed by atoms with Gasteiger partial charge in [-0.05, 0) is 48.2 Å². The molecule has 4 rings (SSSR count). The number of nitrogens with zero attached hydrogens (tertiary/aromatic N) is 3. The predicted octanol–water partition coefficient (Wildman–Crippen LogP) is 2.96. The number of aryl methyl sites for hydroxylation is 2. The zero-order valence-electron chi connectivity index (χ0n) is 20.3. The Labute approximate surface area is 214 Å². The van der Waals surface area contributed by atoms with Gasteiger partial charge in [-0.3, -0.25) is 9.59 Å². The summed E-state index contributed by atoms with van der Waals surface area (Å²) >= 11 is 0. The van der Waals surface area contributed by atoms with E-state index in [0.29, 0.717) is 23.3 Å². The Morgan fingerprint density at radius 2 is 1.65 bits per heavy atom. The molecule has 37 heavy (non-hydrogen) atoms. The first kappa shape index (κ1) is 26.0. The number of rotatable bonds is 11. The minimum absolute atomic E-state index is 0.0941. The van der Waals surface area contributed by atoms with E-state index in [2.05, 4.69) is 10.3 Å². The van der Waals surface area contributed by atoms with Crippen LogP contribution in [0.4, 0.5) is 0 Å². The van der Waals surface area contributed by atoms with Crippen molar-refractivity contribution < 1.29 is 22.7 Å². The summed E-state index contributed by atoms with van der Waals surface area (Å²) in [5.41, 5.74) is 1.87. The summed E-state index contributed by atoms with van der Waals surface area (Å²) in [6.07, 6.45) is 0.0543. The second kappa shape index (κ2) is 11.8. The normalized spacial score (nSPS) is 12.2. The van der Waals surface area contributed by atoms with E-state index in [4.69, 9.17) is 9.47 Å². The number of ether oxygens (including phenoxy) is 2. The van der Waals surface area contributed by atoms with Gasteiger partial charge in [-0.15, -0.1) is 5.10 Å². The molecule has 0 fully saturated rings. The molecule has 0 saturated heterocycles. The molecule has 1 aromatic heterocycles. The molecule has 0 amide bonds. The summed E-state index contributed by atoms with van der Waals surface area (Å²) in [7, 11) is -2.74. The molecule has 0 aliphatic rings. The second-order valence-corrected chi connectivity index (χ2v) is 10.8. The largest absolute Gasteiger partial charge is 0.489 e. The van der Waals surface area contributed by atoms with Crippen molar-refractivity contribution in [3.63, 3.8) is 0 Å². The zero-order chi connectivity index (χ0) is 26.3. The summed E-state index contributed by atoms with van der Waals surface area (Å²) in [6, 6.07) is 23.7. The molecule has 0 N–H and O–H groups in total. The lowest BCUT2D eigenvalue weighted by molar-refractivity contribution is -0.140. The third kappa shape index (κ3) is 6.59. The molecular weight excluding hydrogens is 494 g/mol. The van der Waals surface area contributed by atoms with Crippen LogP contribution in [0, 0.1) is 0 Å². The Bertz CT molecular complexity index is 1520. The van der Waals surface area contributed by atoms with Crippen molar-refractivity contribution in [3.05, 3.63) is 100 Å². The minimum atomic E-state index is -3.88. The van der Waals surface area contributed by atoms with Gasteiger partial charge in [-0.1, -0.05) is 59.8 Å². The first-order chi connectivity index (χ1) is 17.9. The number of methoxy groups -OCH3 is 1. The molecule has 0 spiro atoms. The van der Waals surface area contributed by atoms with Crippen molar-refractivity contribution in [1.29, 1.82) is 0 Å². The molecule has 0 aliphatic carbocycles. The number of aromatic nitrogens is 3. The van der Waals surface area contributed by atoms with E-state index in [1.54, 1.807) is 48.5 Å². The number of esters is 1. The highest BCUT2D eigenvalue weighted by Gasteiger charge is 2.33. The van der Waals surface area contributed by atoms with Crippen LogP contribution < -0.4 is 10.3 Å². The average molecular weight is 522 g/mol. The number of fused-ring (bicyclic) bond motifs is 1. The highest BCUT2D eigenvalue weighted by molar-refractivity contribution is 7.92. The van der Waals surface area contributed by atoms with Crippen molar-refractivity contribution in [2.45, 2.75) is 31.2 Å². The van der Waals surface area contributed by atoms with Gasteiger partial charge in [0.2, 0.25) is 0 Å². The molecule has 0 saturated carbocycles. The molecular formula is C27H27N3O6S. The quantitative estimate of drug-likeness (QED) is 0.277. The Kier molecular flexibility index (Phi) is 8.29. The number of sulfone groups is 1. The summed E-state index contributed by atoms with van der Waals surface area (Å²) in [6.45, 7) is 0.336. The number of hydrogen-bond acceptors (Lipinski definition) is 8. The van der Waals surface area contributed by atoms with Gasteiger partial charge in [0.25, 0.3) is 5.56 Å². The van der Waals surface area contributed by atoms with Crippen LogP contribution in [0.1, 0.15) is 17.5 Å². The van der Waals surface area contributed by atoms with E-state index in [1.807, 2.05) is 30.3 Å². The van der Waals surface area contributed by atoms with Gasteiger partial charge in [0.15, 0.2) is 15.1 Å². The lowest BCUT2D eigenvalue weighted by atomic mass is 10.2. The molecule has 1 unspecified atom stereocenters. The fourth-order valence-corrected chi connectivity index (χ4v) is 5.54. The van der Waals surface area contributed by atoms with Crippen molar-refractivity contribution in [1.82, 2.24) is 15.0 Å². The smallest absolute Gasteiger partial charge is 0.324 e. The Morgan fingerprint density at radius 1 is 0.946 bits per heavy atom. The minimum Gasteiger partial charge on any atom is -0.489 e. The maximum absolute atomic E-state index is 13.1. The monoisotopic (exact) mass is 521 g/mol. The third-order valence-corrected chi connectivity index (χ3v) is 8.05. The Hall–Kier alpha value is -4.05. The Morgan fingerprint density at radius 3 is 2.38 bits per heavy atom. The number of carbonyl (C=O) groups excluding carboxylic acids is 1. The predicted molar refractivity (Wildman–Crippen MR) is 139 cm³/mol. The molecule has 0 bridgehead atoms. The van der Waals surface area contributed by atoms with E-state index >= 15 is 0 Å². The van der Waals surface area contributed by atoms with Crippen LogP contribution in [0.5, 0.6) is 5.75 Å². The number of hydrogen-bond donors (Lipinski definition) is 0. The fourth-order valence-electron chi connectivity index (χ4n) is 3.88. The van der Waals surface area contributed by atoms with E-state index in [9.17, 15) is 18.0 Å². The van der Waals surface area contributed by atoms with Crippen LogP contribution in [0.15, 0.2) is 83.7 Å². The van der Waals surface area contributed by atoms with Gasteiger partial charge in [-0.25, -0.2) is 13.1 Å². The van der Waals surface area contributed by atoms with Gasteiger partial charge >= 0.3 is 5.97 Å². The van der Waals surface area contributed by atoms with Crippen LogP contribution in [0.3, 0.4) is 0 Å². The van der Waals surface area contributed by atoms with Crippen molar-refractivity contribution in [2.24, 2.45) is 0 Å². The van der Waals surface area contributed by atoms with Crippen LogP contribution in [0.2, 0.25) is 0 Å². The van der Waals surface area contributed by atoms with E-state index in [0.717, 1.165) is 22.9 Å². The summed E-state index contributed by atoms with van der Waals surface area (Å²) in [5, 5.41) is 6.82. The van der Waals surface area contributed by atoms with Crippen LogP contribution in [-0.4, -0.2) is 47.5 Å². The van der Waals surface area contributed by atoms with E-state index in [-0.39, 0.29) is 25.1 Å². The molecule has 0 radical (unpaired) electrons. The van der Waals surface area contributed by atoms with Crippen LogP contribution in [0.25, 0.3) is 10.9 Å². The van der Waals surface area contributed by atoms with Crippen molar-refractivity contribution in [2.75, 3.05) is 12.9 Å². The highest BCUT2D eigenvalue weighted by atomic mass is 32.2. The number of carbonyl (C=O) groups is 1. The van der Waals surface area contributed by atoms with Gasteiger partial charge in [0.1, 0.15) is 17.9 Å². The molecule has 1 heterocycles. The maximum Gasteiger partial charge on any atom is 0.324 e. The lowest BCUT2D eigenvalue weighted by Gasteiger charge is -2.16. The second-order valence-electron chi connectivity index (χ2n) is 8.47. The zero-order valence-corrected chi connectivity index (χ0v) is 21.1. The first-order valence-corrected chi connectivity index (χ1v) is 13.5. The summed E-state index contributed by atoms with van der Waals surface area (Å²) in [5.74, 6) is -0.453. The lowest BCUT2D eigenvalue weighted by Crippen LogP contribution is -2.36. The number of benzene rings is 3. The standard InChI is InChI=1S/C27H27N3O6S/c1-35-27(32)25(15-17-30-26(31)23-9-5-6-10-24(23)28-29-30)37(33,34)18-16-20-11-13-22(14-12-20)36-19-21-7-3-2-4-8-21/h2-14,25H,15-19H2,1H3. The Balaban J connectivity index is 1.39. The SMILES string of the molecule is COC(=O)C(CCn1nnc2ccccc2c1=O)S(=O)(=O)CCc1ccc(OCc2ccccc2)cc1. The molecule has 0 aliphatic heterocycles. The molecule has 3 aromatic carbocycles. The van der Waals surface area contributed by atoms with Crippen LogP contribution >= 0.6 is 0 Å². The van der Waals surface area contributed by atoms with Crippen molar-refractivity contribution >= 4 is 26.7 Å². The first-order valence-electron chi connectivity index (χ1n) is 11.7. The van der Waals surface area contributed by atoms with Crippen molar-refractivity contribution in [3.8, 4) is 5.75 Å². The van der Waals surface area contributed by atoms with Gasteiger partial charge in [0.05, 0.1) is 18.2 Å². The van der Waals surface area contributed by atoms with E-state index < -0.39 is 26.6 Å². The summed E-state index contributed by atoms with van der Waals surface area (Å²) < 4.78 is 37.8. The topological polar surface area (TPSA) is 117 Å². The molecule has 9 nitrogen and oxygen atoms in total. The van der Waals surface area contributed by atoms with Crippen LogP contribution in [-0.2, 0) is 38.9 Å². The average Bonchev–Trinajstić information content (AvgIpc) is 2.93. The molecule has 10 heteroatoms. The van der Waals surface area contributed by atoms with Gasteiger partial charge in [0, 0.05) is 6.54 Å². The van der Waals surface area contributed by atoms with Gasteiger partial charge in [-0.2, -0.15) is 0 Å².